The second kappa shape index (κ2) is 6.56. The first kappa shape index (κ1) is 16.8. The molecule has 0 bridgehead atoms. The zero-order valence-electron chi connectivity index (χ0n) is 15.3. The smallest absolute Gasteiger partial charge is 0.251 e. The standard InChI is InChI=1S/C19H28N4O2/c1-14-9-17(21-13-20-14)22(2)15-10-19(11-15)6-7-23(12-19)18(24)16-5-3-4-8-25-16/h9,13,15-16H,3-8,10-12H2,1-2H3/t15?,16-,19?/m0/s1. The van der Waals surface area contributed by atoms with E-state index in [1.807, 2.05) is 13.0 Å². The molecular weight excluding hydrogens is 316 g/mol. The third kappa shape index (κ3) is 3.24. The summed E-state index contributed by atoms with van der Waals surface area (Å²) in [5.41, 5.74) is 1.31. The maximum atomic E-state index is 12.7. The molecule has 136 valence electrons. The van der Waals surface area contributed by atoms with Crippen LogP contribution in [0.1, 0.15) is 44.2 Å². The molecule has 25 heavy (non-hydrogen) atoms. The van der Waals surface area contributed by atoms with E-state index in [1.165, 1.54) is 0 Å². The van der Waals surface area contributed by atoms with E-state index in [9.17, 15) is 4.79 Å². The van der Waals surface area contributed by atoms with Gasteiger partial charge in [0.25, 0.3) is 5.91 Å². The highest BCUT2D eigenvalue weighted by Crippen LogP contribution is 2.50. The molecule has 4 rings (SSSR count). The number of ether oxygens (including phenoxy) is 1. The van der Waals surface area contributed by atoms with E-state index in [1.54, 1.807) is 6.33 Å². The van der Waals surface area contributed by atoms with Crippen LogP contribution in [0.15, 0.2) is 12.4 Å². The number of aryl methyl sites for hydroxylation is 1. The van der Waals surface area contributed by atoms with Crippen LogP contribution in [-0.4, -0.2) is 59.7 Å². The third-order valence-corrected chi connectivity index (χ3v) is 6.24. The van der Waals surface area contributed by atoms with Gasteiger partial charge in [-0.2, -0.15) is 0 Å². The van der Waals surface area contributed by atoms with Gasteiger partial charge in [0.2, 0.25) is 0 Å². The van der Waals surface area contributed by atoms with E-state index >= 15 is 0 Å². The zero-order valence-corrected chi connectivity index (χ0v) is 15.3. The lowest BCUT2D eigenvalue weighted by Crippen LogP contribution is -2.52. The van der Waals surface area contributed by atoms with E-state index < -0.39 is 0 Å². The first-order valence-corrected chi connectivity index (χ1v) is 9.48. The number of nitrogens with zero attached hydrogens (tertiary/aromatic N) is 4. The molecule has 0 radical (unpaired) electrons. The summed E-state index contributed by atoms with van der Waals surface area (Å²) in [7, 11) is 2.12. The Kier molecular flexibility index (Phi) is 4.40. The SMILES string of the molecule is Cc1cc(N(C)C2CC3(CCN(C(=O)[C@@H]4CCCCO4)C3)C2)ncn1. The van der Waals surface area contributed by atoms with Gasteiger partial charge in [0.1, 0.15) is 18.2 Å². The van der Waals surface area contributed by atoms with Gasteiger partial charge >= 0.3 is 0 Å². The number of hydrogen-bond donors (Lipinski definition) is 0. The minimum Gasteiger partial charge on any atom is -0.368 e. The lowest BCUT2D eigenvalue weighted by atomic mass is 9.64. The molecule has 1 aliphatic carbocycles. The van der Waals surface area contributed by atoms with Crippen molar-refractivity contribution in [1.29, 1.82) is 0 Å². The fourth-order valence-corrected chi connectivity index (χ4v) is 4.63. The van der Waals surface area contributed by atoms with Crippen molar-refractivity contribution >= 4 is 11.7 Å². The van der Waals surface area contributed by atoms with Crippen LogP contribution in [0.4, 0.5) is 5.82 Å². The predicted octanol–water partition coefficient (Wildman–Crippen LogP) is 2.17. The highest BCUT2D eigenvalue weighted by atomic mass is 16.5. The second-order valence-corrected chi connectivity index (χ2v) is 8.06. The molecule has 0 unspecified atom stereocenters. The molecule has 3 aliphatic rings. The Balaban J connectivity index is 1.33. The van der Waals surface area contributed by atoms with Crippen LogP contribution in [0.3, 0.4) is 0 Å². The number of likely N-dealkylation sites (tertiary alicyclic amines) is 1. The van der Waals surface area contributed by atoms with Gasteiger partial charge in [-0.3, -0.25) is 4.79 Å². The van der Waals surface area contributed by atoms with E-state index in [4.69, 9.17) is 4.74 Å². The topological polar surface area (TPSA) is 58.6 Å². The molecule has 0 N–H and O–H groups in total. The number of anilines is 1. The molecule has 1 amide bonds. The summed E-state index contributed by atoms with van der Waals surface area (Å²) in [6.45, 7) is 4.52. The third-order valence-electron chi connectivity index (χ3n) is 6.24. The van der Waals surface area contributed by atoms with Crippen molar-refractivity contribution < 1.29 is 9.53 Å². The number of aromatic nitrogens is 2. The monoisotopic (exact) mass is 344 g/mol. The quantitative estimate of drug-likeness (QED) is 0.841. The summed E-state index contributed by atoms with van der Waals surface area (Å²) < 4.78 is 5.69. The molecule has 6 heteroatoms. The minimum atomic E-state index is -0.188. The Hall–Kier alpha value is -1.69. The predicted molar refractivity (Wildman–Crippen MR) is 95.4 cm³/mol. The van der Waals surface area contributed by atoms with Crippen molar-refractivity contribution in [2.45, 2.75) is 57.6 Å². The first-order valence-electron chi connectivity index (χ1n) is 9.48. The number of amides is 1. The van der Waals surface area contributed by atoms with Gasteiger partial charge in [-0.15, -0.1) is 0 Å². The van der Waals surface area contributed by atoms with Crippen molar-refractivity contribution in [1.82, 2.24) is 14.9 Å². The lowest BCUT2D eigenvalue weighted by molar-refractivity contribution is -0.146. The van der Waals surface area contributed by atoms with Crippen LogP contribution in [-0.2, 0) is 9.53 Å². The highest BCUT2D eigenvalue weighted by molar-refractivity contribution is 5.81. The van der Waals surface area contributed by atoms with Crippen molar-refractivity contribution in [3.8, 4) is 0 Å². The summed E-state index contributed by atoms with van der Waals surface area (Å²) >= 11 is 0. The molecule has 1 saturated carbocycles. The molecule has 3 heterocycles. The molecule has 2 aliphatic heterocycles. The summed E-state index contributed by atoms with van der Waals surface area (Å²) in [6.07, 6.45) is 7.94. The minimum absolute atomic E-state index is 0.188. The Morgan fingerprint density at radius 1 is 1.36 bits per heavy atom. The molecule has 1 aromatic rings. The van der Waals surface area contributed by atoms with Gasteiger partial charge in [-0.1, -0.05) is 0 Å². The fraction of sp³-hybridized carbons (Fsp3) is 0.737. The van der Waals surface area contributed by atoms with E-state index in [2.05, 4.69) is 26.8 Å². The van der Waals surface area contributed by atoms with Crippen LogP contribution in [0.25, 0.3) is 0 Å². The Bertz CT molecular complexity index is 638. The normalized spacial score (nSPS) is 31.8. The molecule has 6 nitrogen and oxygen atoms in total. The van der Waals surface area contributed by atoms with Crippen LogP contribution in [0.5, 0.6) is 0 Å². The van der Waals surface area contributed by atoms with Crippen molar-refractivity contribution in [2.24, 2.45) is 5.41 Å². The lowest BCUT2D eigenvalue weighted by Gasteiger charge is -2.49. The zero-order chi connectivity index (χ0) is 17.4. The fourth-order valence-electron chi connectivity index (χ4n) is 4.63. The largest absolute Gasteiger partial charge is 0.368 e. The highest BCUT2D eigenvalue weighted by Gasteiger charge is 2.51. The summed E-state index contributed by atoms with van der Waals surface area (Å²) in [5, 5.41) is 0. The number of carbonyl (C=O) groups excluding carboxylic acids is 1. The Labute approximate surface area is 149 Å². The molecule has 3 fully saturated rings. The summed E-state index contributed by atoms with van der Waals surface area (Å²) in [4.78, 5) is 25.6. The van der Waals surface area contributed by atoms with Gasteiger partial charge < -0.3 is 14.5 Å². The van der Waals surface area contributed by atoms with Crippen molar-refractivity contribution in [3.63, 3.8) is 0 Å². The van der Waals surface area contributed by atoms with Gasteiger partial charge in [0.05, 0.1) is 0 Å². The van der Waals surface area contributed by atoms with Gasteiger partial charge in [-0.25, -0.2) is 9.97 Å². The van der Waals surface area contributed by atoms with E-state index in [0.717, 1.165) is 69.7 Å². The summed E-state index contributed by atoms with van der Waals surface area (Å²) in [6, 6.07) is 2.55. The van der Waals surface area contributed by atoms with E-state index in [-0.39, 0.29) is 12.0 Å². The number of carbonyl (C=O) groups is 1. The first-order chi connectivity index (χ1) is 12.1. The van der Waals surface area contributed by atoms with Gasteiger partial charge in [0, 0.05) is 44.5 Å². The molecule has 1 atom stereocenters. The average molecular weight is 344 g/mol. The maximum Gasteiger partial charge on any atom is 0.251 e. The van der Waals surface area contributed by atoms with Crippen molar-refractivity contribution in [3.05, 3.63) is 18.1 Å². The van der Waals surface area contributed by atoms with Crippen molar-refractivity contribution in [2.75, 3.05) is 31.6 Å². The van der Waals surface area contributed by atoms with Gasteiger partial charge in [0.15, 0.2) is 0 Å². The van der Waals surface area contributed by atoms with Gasteiger partial charge in [-0.05, 0) is 50.9 Å². The molecule has 0 aromatic carbocycles. The molecular formula is C19H28N4O2. The second-order valence-electron chi connectivity index (χ2n) is 8.06. The molecule has 1 aromatic heterocycles. The van der Waals surface area contributed by atoms with Crippen LogP contribution in [0.2, 0.25) is 0 Å². The maximum absolute atomic E-state index is 12.7. The Morgan fingerprint density at radius 3 is 2.92 bits per heavy atom. The van der Waals surface area contributed by atoms with Crippen LogP contribution in [0, 0.1) is 12.3 Å². The van der Waals surface area contributed by atoms with Crippen LogP contribution < -0.4 is 4.90 Å². The number of hydrogen-bond acceptors (Lipinski definition) is 5. The average Bonchev–Trinajstić information content (AvgIpc) is 3.06. The molecule has 1 spiro atoms. The molecule has 2 saturated heterocycles. The Morgan fingerprint density at radius 2 is 2.20 bits per heavy atom. The number of rotatable bonds is 3. The van der Waals surface area contributed by atoms with Crippen LogP contribution >= 0.6 is 0 Å². The summed E-state index contributed by atoms with van der Waals surface area (Å²) in [5.74, 6) is 1.22. The van der Waals surface area contributed by atoms with E-state index in [0.29, 0.717) is 11.5 Å².